The van der Waals surface area contributed by atoms with Crippen molar-refractivity contribution in [2.75, 3.05) is 0 Å². The van der Waals surface area contributed by atoms with Crippen molar-refractivity contribution in [1.82, 2.24) is 21.3 Å². The minimum absolute atomic E-state index is 0.185. The van der Waals surface area contributed by atoms with Gasteiger partial charge in [0.1, 0.15) is 24.2 Å². The molecular formula is C44H44F4N4O12. The standard InChI is InChI=1S/2C22H22F2N2O6/c2*23-17(19(27)25-15(21(29)30)11-13-7-3-1-4-8-13)18(24)20(28)26-16(22(31)32)12-14-9-5-2-6-10-14/h2*1-10,15-18H,11-12H2,(H,25,27)(H,26,28)(H,29,30)(H,31,32)/t2*15-,16-,17-,18+/m00/s1. The number of amides is 4. The molecule has 0 saturated heterocycles. The second-order valence-corrected chi connectivity index (χ2v) is 14.0. The van der Waals surface area contributed by atoms with Gasteiger partial charge in [-0.15, -0.1) is 0 Å². The quantitative estimate of drug-likeness (QED) is 0.0530. The molecule has 16 nitrogen and oxygen atoms in total. The maximum Gasteiger partial charge on any atom is 0.326 e. The molecule has 0 aliphatic carbocycles. The van der Waals surface area contributed by atoms with Crippen molar-refractivity contribution >= 4 is 47.5 Å². The number of alkyl halides is 4. The zero-order valence-electron chi connectivity index (χ0n) is 33.6. The first-order valence-electron chi connectivity index (χ1n) is 19.2. The fraction of sp³-hybridized carbons (Fsp3) is 0.273. The summed E-state index contributed by atoms with van der Waals surface area (Å²) in [6.45, 7) is 0. The van der Waals surface area contributed by atoms with Crippen molar-refractivity contribution < 1.29 is 76.3 Å². The highest BCUT2D eigenvalue weighted by atomic mass is 19.2. The Labute approximate surface area is 362 Å². The summed E-state index contributed by atoms with van der Waals surface area (Å²) >= 11 is 0. The molecule has 0 unspecified atom stereocenters. The monoisotopic (exact) mass is 896 g/mol. The summed E-state index contributed by atoms with van der Waals surface area (Å²) in [6.07, 6.45) is -12.9. The first kappa shape index (κ1) is 50.7. The lowest BCUT2D eigenvalue weighted by Crippen LogP contribution is -2.53. The fourth-order valence-electron chi connectivity index (χ4n) is 5.74. The van der Waals surface area contributed by atoms with E-state index in [2.05, 4.69) is 0 Å². The molecule has 4 rings (SSSR count). The first-order valence-corrected chi connectivity index (χ1v) is 19.2. The maximum absolute atomic E-state index is 14.3. The van der Waals surface area contributed by atoms with Crippen LogP contribution >= 0.6 is 0 Å². The van der Waals surface area contributed by atoms with E-state index in [9.17, 15) is 76.3 Å². The van der Waals surface area contributed by atoms with Crippen LogP contribution < -0.4 is 21.3 Å². The van der Waals surface area contributed by atoms with Crippen LogP contribution in [-0.4, -0.2) is 117 Å². The van der Waals surface area contributed by atoms with Gasteiger partial charge in [-0.3, -0.25) is 19.2 Å². The topological polar surface area (TPSA) is 266 Å². The van der Waals surface area contributed by atoms with E-state index in [1.807, 2.05) is 21.3 Å². The number of carbonyl (C=O) groups is 8. The van der Waals surface area contributed by atoms with Gasteiger partial charge in [-0.25, -0.2) is 36.7 Å². The van der Waals surface area contributed by atoms with Gasteiger partial charge in [0.15, 0.2) is 0 Å². The Hall–Kier alpha value is -7.64. The third kappa shape index (κ3) is 16.7. The Morgan fingerprint density at radius 3 is 0.625 bits per heavy atom. The van der Waals surface area contributed by atoms with E-state index in [0.29, 0.717) is 22.3 Å². The molecule has 0 radical (unpaired) electrons. The molecule has 0 aromatic heterocycles. The summed E-state index contributed by atoms with van der Waals surface area (Å²) in [4.78, 5) is 93.6. The summed E-state index contributed by atoms with van der Waals surface area (Å²) in [5, 5.41) is 44.5. The molecule has 340 valence electrons. The third-order valence-corrected chi connectivity index (χ3v) is 9.10. The Morgan fingerprint density at radius 1 is 0.328 bits per heavy atom. The van der Waals surface area contributed by atoms with E-state index in [0.717, 1.165) is 0 Å². The van der Waals surface area contributed by atoms with Crippen molar-refractivity contribution in [1.29, 1.82) is 0 Å². The summed E-state index contributed by atoms with van der Waals surface area (Å²) in [5.41, 5.74) is 2.15. The van der Waals surface area contributed by atoms with Gasteiger partial charge in [0.05, 0.1) is 0 Å². The lowest BCUT2D eigenvalue weighted by molar-refractivity contribution is -0.146. The number of carboxylic acids is 4. The van der Waals surface area contributed by atoms with Gasteiger partial charge in [0.2, 0.25) is 24.7 Å². The van der Waals surface area contributed by atoms with E-state index in [1.165, 1.54) is 0 Å². The second-order valence-electron chi connectivity index (χ2n) is 14.0. The highest BCUT2D eigenvalue weighted by Gasteiger charge is 2.39. The summed E-state index contributed by atoms with van der Waals surface area (Å²) in [5.74, 6) is -12.4. The van der Waals surface area contributed by atoms with Crippen LogP contribution in [-0.2, 0) is 64.0 Å². The van der Waals surface area contributed by atoms with Gasteiger partial charge in [-0.05, 0) is 22.3 Å². The highest BCUT2D eigenvalue weighted by molar-refractivity contribution is 5.95. The molecule has 4 aromatic carbocycles. The number of nitrogens with one attached hydrogen (secondary N) is 4. The van der Waals surface area contributed by atoms with Crippen molar-refractivity contribution in [3.63, 3.8) is 0 Å². The molecule has 0 bridgehead atoms. The summed E-state index contributed by atoms with van der Waals surface area (Å²) in [6, 6.07) is 26.5. The average Bonchev–Trinajstić information content (AvgIpc) is 3.28. The Morgan fingerprint density at radius 2 is 0.484 bits per heavy atom. The van der Waals surface area contributed by atoms with E-state index in [1.54, 1.807) is 121 Å². The SMILES string of the molecule is O=C(O)[C@H](Cc1ccccc1)NC(=O)[C@@H](F)[C@@H](F)C(=O)N[C@@H](Cc1ccccc1)C(=O)O.O=C(O)[C@H](Cc1ccccc1)NC(=O)[C@@H](F)[C@@H](F)C(=O)N[C@@H](Cc1ccccc1)C(=O)O. The first-order chi connectivity index (χ1) is 30.4. The minimum Gasteiger partial charge on any atom is -0.480 e. The Balaban J connectivity index is 0.000000340. The van der Waals surface area contributed by atoms with Crippen LogP contribution in [0.1, 0.15) is 22.3 Å². The molecule has 4 aromatic rings. The van der Waals surface area contributed by atoms with Crippen molar-refractivity contribution in [2.24, 2.45) is 0 Å². The normalized spacial score (nSPS) is 14.4. The molecule has 0 aliphatic heterocycles. The number of hydrogen-bond donors (Lipinski definition) is 8. The third-order valence-electron chi connectivity index (χ3n) is 9.10. The maximum atomic E-state index is 14.3. The highest BCUT2D eigenvalue weighted by Crippen LogP contribution is 2.12. The van der Waals surface area contributed by atoms with Crippen LogP contribution in [0.2, 0.25) is 0 Å². The number of benzene rings is 4. The van der Waals surface area contributed by atoms with Gasteiger partial charge in [-0.2, -0.15) is 0 Å². The predicted molar refractivity (Wildman–Crippen MR) is 218 cm³/mol. The predicted octanol–water partition coefficient (Wildman–Crippen LogP) is 2.57. The van der Waals surface area contributed by atoms with E-state index >= 15 is 0 Å². The van der Waals surface area contributed by atoms with Crippen molar-refractivity contribution in [3.05, 3.63) is 144 Å². The lowest BCUT2D eigenvalue weighted by Gasteiger charge is -2.20. The second kappa shape index (κ2) is 25.3. The molecule has 4 amide bonds. The van der Waals surface area contributed by atoms with Gasteiger partial charge >= 0.3 is 23.9 Å². The van der Waals surface area contributed by atoms with Crippen molar-refractivity contribution in [2.45, 2.75) is 74.5 Å². The molecule has 0 heterocycles. The van der Waals surface area contributed by atoms with Crippen LogP contribution in [0, 0.1) is 0 Å². The molecule has 0 aliphatic rings. The van der Waals surface area contributed by atoms with Gasteiger partial charge < -0.3 is 41.7 Å². The van der Waals surface area contributed by atoms with Crippen LogP contribution in [0.3, 0.4) is 0 Å². The Bertz CT molecular complexity index is 1880. The van der Waals surface area contributed by atoms with Crippen LogP contribution in [0.15, 0.2) is 121 Å². The number of halogens is 4. The molecule has 0 saturated carbocycles. The average molecular weight is 897 g/mol. The molecule has 8 N–H and O–H groups in total. The number of carboxylic acid groups (broad SMARTS) is 4. The van der Waals surface area contributed by atoms with Crippen LogP contribution in [0.5, 0.6) is 0 Å². The lowest BCUT2D eigenvalue weighted by atomic mass is 10.0. The van der Waals surface area contributed by atoms with Gasteiger partial charge in [0.25, 0.3) is 23.6 Å². The van der Waals surface area contributed by atoms with Crippen molar-refractivity contribution in [3.8, 4) is 0 Å². The molecule has 0 spiro atoms. The number of hydrogen-bond acceptors (Lipinski definition) is 8. The van der Waals surface area contributed by atoms with E-state index in [-0.39, 0.29) is 25.7 Å². The van der Waals surface area contributed by atoms with Crippen LogP contribution in [0.25, 0.3) is 0 Å². The molecule has 64 heavy (non-hydrogen) atoms. The largest absolute Gasteiger partial charge is 0.480 e. The van der Waals surface area contributed by atoms with Gasteiger partial charge in [0, 0.05) is 25.7 Å². The number of aliphatic carboxylic acids is 4. The number of carbonyl (C=O) groups excluding carboxylic acids is 4. The summed E-state index contributed by atoms with van der Waals surface area (Å²) in [7, 11) is 0. The zero-order valence-corrected chi connectivity index (χ0v) is 33.6. The number of rotatable bonds is 22. The molecule has 0 fully saturated rings. The molecule has 20 heteroatoms. The minimum atomic E-state index is -3.03. The van der Waals surface area contributed by atoms with E-state index in [4.69, 9.17) is 0 Å². The fourth-order valence-corrected chi connectivity index (χ4v) is 5.74. The van der Waals surface area contributed by atoms with E-state index < -0.39 is 96.4 Å². The Kier molecular flexibility index (Phi) is 20.1. The zero-order chi connectivity index (χ0) is 47.3. The van der Waals surface area contributed by atoms with Gasteiger partial charge in [-0.1, -0.05) is 121 Å². The summed E-state index contributed by atoms with van der Waals surface area (Å²) < 4.78 is 57.2. The molecule has 8 atom stereocenters. The van der Waals surface area contributed by atoms with Crippen LogP contribution in [0.4, 0.5) is 17.6 Å². The molecular weight excluding hydrogens is 852 g/mol. The smallest absolute Gasteiger partial charge is 0.326 e.